The molecule has 0 amide bonds. The lowest BCUT2D eigenvalue weighted by atomic mass is 9.88. The van der Waals surface area contributed by atoms with Crippen LogP contribution in [0.5, 0.6) is 11.5 Å². The van der Waals surface area contributed by atoms with E-state index in [1.54, 1.807) is 14.2 Å². The second-order valence-corrected chi connectivity index (χ2v) is 9.35. The molecule has 40 heavy (non-hydrogen) atoms. The van der Waals surface area contributed by atoms with Gasteiger partial charge < -0.3 is 9.47 Å². The van der Waals surface area contributed by atoms with E-state index in [1.165, 1.54) is 0 Å². The van der Waals surface area contributed by atoms with Crippen LogP contribution >= 0.6 is 0 Å². The minimum Gasteiger partial charge on any atom is -0.497 e. The van der Waals surface area contributed by atoms with E-state index >= 15 is 0 Å². The second-order valence-electron chi connectivity index (χ2n) is 9.35. The molecule has 0 aliphatic rings. The number of nitrogens with zero attached hydrogens (tertiary/aromatic N) is 2. The standard InChI is InChI=1S/C36H28N2O2/c1-39-27-19-15-25(16-20-27)29-13-7-23-37-35(29)33-11-5-3-9-31(33)32-10-4-6-12-34(32)36-30(14-8-24-38-36)26-17-21-28(40-2)22-18-26/h3-24H,1-2H3. The molecule has 0 bridgehead atoms. The quantitative estimate of drug-likeness (QED) is 0.211. The zero-order valence-corrected chi connectivity index (χ0v) is 22.4. The van der Waals surface area contributed by atoms with Crippen LogP contribution in [0, 0.1) is 0 Å². The van der Waals surface area contributed by atoms with Crippen molar-refractivity contribution in [3.63, 3.8) is 0 Å². The van der Waals surface area contributed by atoms with Gasteiger partial charge in [-0.25, -0.2) is 0 Å². The van der Waals surface area contributed by atoms with Crippen molar-refractivity contribution in [2.45, 2.75) is 0 Å². The third-order valence-electron chi connectivity index (χ3n) is 7.07. The largest absolute Gasteiger partial charge is 0.497 e. The van der Waals surface area contributed by atoms with Crippen molar-refractivity contribution in [2.75, 3.05) is 14.2 Å². The predicted octanol–water partition coefficient (Wildman–Crippen LogP) is 8.83. The van der Waals surface area contributed by atoms with Crippen LogP contribution in [0.2, 0.25) is 0 Å². The molecule has 4 aromatic carbocycles. The van der Waals surface area contributed by atoms with Gasteiger partial charge in [0.1, 0.15) is 11.5 Å². The molecule has 0 radical (unpaired) electrons. The van der Waals surface area contributed by atoms with Gasteiger partial charge in [-0.3, -0.25) is 9.97 Å². The molecule has 0 aliphatic carbocycles. The van der Waals surface area contributed by atoms with Gasteiger partial charge >= 0.3 is 0 Å². The molecule has 194 valence electrons. The summed E-state index contributed by atoms with van der Waals surface area (Å²) in [6.07, 6.45) is 3.71. The van der Waals surface area contributed by atoms with Crippen molar-refractivity contribution in [3.8, 4) is 67.4 Å². The summed E-state index contributed by atoms with van der Waals surface area (Å²) in [5.41, 5.74) is 10.4. The van der Waals surface area contributed by atoms with E-state index in [9.17, 15) is 0 Å². The second kappa shape index (κ2) is 11.3. The molecule has 6 aromatic rings. The van der Waals surface area contributed by atoms with Gasteiger partial charge in [0.15, 0.2) is 0 Å². The Morgan fingerprint density at radius 3 is 1.10 bits per heavy atom. The smallest absolute Gasteiger partial charge is 0.118 e. The molecule has 4 nitrogen and oxygen atoms in total. The van der Waals surface area contributed by atoms with E-state index in [0.29, 0.717) is 0 Å². The van der Waals surface area contributed by atoms with Gasteiger partial charge in [-0.1, -0.05) is 84.9 Å². The Hall–Kier alpha value is -5.22. The first-order chi connectivity index (χ1) is 19.8. The minimum absolute atomic E-state index is 0.826. The van der Waals surface area contributed by atoms with E-state index < -0.39 is 0 Å². The highest BCUT2D eigenvalue weighted by atomic mass is 16.5. The van der Waals surface area contributed by atoms with Crippen LogP contribution in [0.3, 0.4) is 0 Å². The van der Waals surface area contributed by atoms with E-state index in [-0.39, 0.29) is 0 Å². The average molecular weight is 521 g/mol. The molecule has 0 spiro atoms. The summed E-state index contributed by atoms with van der Waals surface area (Å²) in [5.74, 6) is 1.65. The van der Waals surface area contributed by atoms with Gasteiger partial charge in [0.25, 0.3) is 0 Å². The van der Waals surface area contributed by atoms with Gasteiger partial charge in [-0.15, -0.1) is 0 Å². The first-order valence-electron chi connectivity index (χ1n) is 13.1. The Labute approximate surface area is 234 Å². The van der Waals surface area contributed by atoms with Crippen molar-refractivity contribution >= 4 is 0 Å². The number of hydrogen-bond donors (Lipinski definition) is 0. The van der Waals surface area contributed by atoms with E-state index in [2.05, 4.69) is 84.9 Å². The fourth-order valence-electron chi connectivity index (χ4n) is 5.10. The topological polar surface area (TPSA) is 44.2 Å². The Morgan fingerprint density at radius 1 is 0.375 bits per heavy atom. The molecule has 0 aliphatic heterocycles. The van der Waals surface area contributed by atoms with Crippen LogP contribution in [0.25, 0.3) is 55.9 Å². The van der Waals surface area contributed by atoms with E-state index in [1.807, 2.05) is 48.8 Å². The first kappa shape index (κ1) is 25.1. The van der Waals surface area contributed by atoms with Crippen LogP contribution in [-0.2, 0) is 0 Å². The van der Waals surface area contributed by atoms with Gasteiger partial charge in [-0.05, 0) is 58.7 Å². The molecule has 0 fully saturated rings. The SMILES string of the molecule is COc1ccc(-c2cccnc2-c2ccccc2-c2ccccc2-c2ncccc2-c2ccc(OC)cc2)cc1. The molecule has 2 heterocycles. The number of hydrogen-bond acceptors (Lipinski definition) is 4. The van der Waals surface area contributed by atoms with Crippen LogP contribution in [-0.4, -0.2) is 24.2 Å². The average Bonchev–Trinajstić information content (AvgIpc) is 3.05. The van der Waals surface area contributed by atoms with Crippen LogP contribution in [0.1, 0.15) is 0 Å². The number of methoxy groups -OCH3 is 2. The highest BCUT2D eigenvalue weighted by Crippen LogP contribution is 2.42. The molecular formula is C36H28N2O2. The zero-order chi connectivity index (χ0) is 27.3. The Balaban J connectivity index is 1.51. The van der Waals surface area contributed by atoms with Gasteiger partial charge in [0.05, 0.1) is 25.6 Å². The molecule has 6 rings (SSSR count). The lowest BCUT2D eigenvalue weighted by molar-refractivity contribution is 0.415. The fourth-order valence-corrected chi connectivity index (χ4v) is 5.10. The van der Waals surface area contributed by atoms with E-state index in [0.717, 1.165) is 67.4 Å². The number of rotatable bonds is 7. The molecule has 0 saturated carbocycles. The lowest BCUT2D eigenvalue weighted by Gasteiger charge is -2.17. The maximum Gasteiger partial charge on any atom is 0.118 e. The van der Waals surface area contributed by atoms with Crippen molar-refractivity contribution < 1.29 is 9.47 Å². The van der Waals surface area contributed by atoms with Crippen molar-refractivity contribution in [1.29, 1.82) is 0 Å². The van der Waals surface area contributed by atoms with Crippen molar-refractivity contribution in [1.82, 2.24) is 9.97 Å². The number of pyridine rings is 2. The Kier molecular flexibility index (Phi) is 7.06. The van der Waals surface area contributed by atoms with Crippen LogP contribution in [0.4, 0.5) is 0 Å². The molecular weight excluding hydrogens is 492 g/mol. The third kappa shape index (κ3) is 4.83. The lowest BCUT2D eigenvalue weighted by Crippen LogP contribution is -1.95. The number of aromatic nitrogens is 2. The normalized spacial score (nSPS) is 10.8. The van der Waals surface area contributed by atoms with Gasteiger partial charge in [0.2, 0.25) is 0 Å². The van der Waals surface area contributed by atoms with Crippen LogP contribution in [0.15, 0.2) is 134 Å². The predicted molar refractivity (Wildman–Crippen MR) is 162 cm³/mol. The molecule has 2 aromatic heterocycles. The molecule has 4 heteroatoms. The van der Waals surface area contributed by atoms with E-state index in [4.69, 9.17) is 19.4 Å². The molecule has 0 N–H and O–H groups in total. The summed E-state index contributed by atoms with van der Waals surface area (Å²) < 4.78 is 10.8. The molecule has 0 atom stereocenters. The zero-order valence-electron chi connectivity index (χ0n) is 22.4. The molecule has 0 unspecified atom stereocenters. The first-order valence-corrected chi connectivity index (χ1v) is 13.1. The third-order valence-corrected chi connectivity index (χ3v) is 7.07. The maximum atomic E-state index is 5.38. The summed E-state index contributed by atoms with van der Waals surface area (Å²) in [4.78, 5) is 9.76. The highest BCUT2D eigenvalue weighted by Gasteiger charge is 2.18. The monoisotopic (exact) mass is 520 g/mol. The Morgan fingerprint density at radius 2 is 0.725 bits per heavy atom. The van der Waals surface area contributed by atoms with Gasteiger partial charge in [-0.2, -0.15) is 0 Å². The summed E-state index contributed by atoms with van der Waals surface area (Å²) in [6, 6.07) is 41.3. The van der Waals surface area contributed by atoms with Gasteiger partial charge in [0, 0.05) is 34.6 Å². The summed E-state index contributed by atoms with van der Waals surface area (Å²) >= 11 is 0. The summed E-state index contributed by atoms with van der Waals surface area (Å²) in [7, 11) is 3.36. The van der Waals surface area contributed by atoms with Crippen molar-refractivity contribution in [2.24, 2.45) is 0 Å². The van der Waals surface area contributed by atoms with Crippen molar-refractivity contribution in [3.05, 3.63) is 134 Å². The fraction of sp³-hybridized carbons (Fsp3) is 0.0556. The maximum absolute atomic E-state index is 5.38. The highest BCUT2D eigenvalue weighted by molar-refractivity contribution is 5.96. The van der Waals surface area contributed by atoms with Crippen LogP contribution < -0.4 is 9.47 Å². The summed E-state index contributed by atoms with van der Waals surface area (Å²) in [6.45, 7) is 0. The number of ether oxygens (including phenoxy) is 2. The number of benzene rings is 4. The summed E-state index contributed by atoms with van der Waals surface area (Å²) in [5, 5.41) is 0. The Bertz CT molecular complexity index is 1630. The molecule has 0 saturated heterocycles. The minimum atomic E-state index is 0.826.